The average molecular weight is 447 g/mol. The van der Waals surface area contributed by atoms with Crippen LogP contribution in [0.3, 0.4) is 0 Å². The molecule has 0 bridgehead atoms. The van der Waals surface area contributed by atoms with Gasteiger partial charge in [0.2, 0.25) is 5.91 Å². The van der Waals surface area contributed by atoms with E-state index in [1.807, 2.05) is 19.2 Å². The van der Waals surface area contributed by atoms with Crippen LogP contribution in [0.5, 0.6) is 0 Å². The second kappa shape index (κ2) is 8.47. The summed E-state index contributed by atoms with van der Waals surface area (Å²) >= 11 is 6.04. The minimum Gasteiger partial charge on any atom is -0.358 e. The summed E-state index contributed by atoms with van der Waals surface area (Å²) in [7, 11) is 0. The zero-order chi connectivity index (χ0) is 22.1. The number of alkyl halides is 3. The Hall–Kier alpha value is -2.88. The van der Waals surface area contributed by atoms with Crippen LogP contribution in [0.4, 0.5) is 19.0 Å². The number of rotatable bonds is 6. The number of aromatic amines is 1. The molecule has 0 fully saturated rings. The summed E-state index contributed by atoms with van der Waals surface area (Å²) in [6.45, 7) is 3.92. The van der Waals surface area contributed by atoms with E-state index in [0.29, 0.717) is 27.9 Å². The molecule has 7 nitrogen and oxygen atoms in total. The first kappa shape index (κ1) is 21.8. The average Bonchev–Trinajstić information content (AvgIpc) is 3.08. The van der Waals surface area contributed by atoms with Crippen LogP contribution in [0.2, 0.25) is 5.02 Å². The molecule has 0 saturated carbocycles. The monoisotopic (exact) mass is 446 g/mol. The van der Waals surface area contributed by atoms with Crippen LogP contribution in [0, 0.1) is 0 Å². The summed E-state index contributed by atoms with van der Waals surface area (Å²) < 4.78 is 37.1. The lowest BCUT2D eigenvalue weighted by Crippen LogP contribution is -2.42. The van der Waals surface area contributed by atoms with E-state index in [-0.39, 0.29) is 10.2 Å². The van der Waals surface area contributed by atoms with Gasteiger partial charge in [-0.1, -0.05) is 25.4 Å². The minimum atomic E-state index is -4.48. The first-order valence-corrected chi connectivity index (χ1v) is 9.54. The predicted octanol–water partition coefficient (Wildman–Crippen LogP) is 5.01. The maximum Gasteiger partial charge on any atom is 0.405 e. The Balaban J connectivity index is 0.00000341. The third-order valence-corrected chi connectivity index (χ3v) is 4.59. The highest BCUT2D eigenvalue weighted by molar-refractivity contribution is 6.31. The number of anilines is 1. The summed E-state index contributed by atoms with van der Waals surface area (Å²) in [5.74, 6) is -0.0366. The molecule has 1 amide bonds. The number of pyridine rings is 1. The number of carbonyl (C=O) groups excluding carboxylic acids is 1. The zero-order valence-corrected chi connectivity index (χ0v) is 17.2. The quantitative estimate of drug-likeness (QED) is 0.494. The Morgan fingerprint density at radius 2 is 2.00 bits per heavy atom. The molecule has 3 heterocycles. The molecule has 3 N–H and O–H groups in total. The van der Waals surface area contributed by atoms with Gasteiger partial charge in [-0.05, 0) is 18.9 Å². The Morgan fingerprint density at radius 3 is 2.67 bits per heavy atom. The molecule has 0 unspecified atom stereocenters. The van der Waals surface area contributed by atoms with Gasteiger partial charge in [-0.15, -0.1) is 0 Å². The van der Waals surface area contributed by atoms with E-state index < -0.39 is 24.7 Å². The molecule has 0 radical (unpaired) electrons. The molecule has 0 saturated heterocycles. The third-order valence-electron chi connectivity index (χ3n) is 4.39. The van der Waals surface area contributed by atoms with Gasteiger partial charge in [0.05, 0.1) is 5.02 Å². The number of hydrogen-bond acceptors (Lipinski definition) is 5. The van der Waals surface area contributed by atoms with E-state index >= 15 is 0 Å². The molecule has 3 rings (SSSR count). The fraction of sp³-hybridized carbons (Fsp3) is 0.368. The smallest absolute Gasteiger partial charge is 0.358 e. The van der Waals surface area contributed by atoms with Crippen LogP contribution < -0.4 is 10.6 Å². The molecule has 0 spiro atoms. The first-order valence-electron chi connectivity index (χ1n) is 9.16. The van der Waals surface area contributed by atoms with E-state index in [4.69, 9.17) is 11.6 Å². The fourth-order valence-electron chi connectivity index (χ4n) is 2.83. The summed E-state index contributed by atoms with van der Waals surface area (Å²) in [6.07, 6.45) is 0.362. The van der Waals surface area contributed by atoms with Gasteiger partial charge in [0.1, 0.15) is 24.1 Å². The number of halogens is 4. The van der Waals surface area contributed by atoms with Crippen molar-refractivity contribution in [2.75, 3.05) is 11.9 Å². The molecule has 0 aromatic carbocycles. The van der Waals surface area contributed by atoms with Gasteiger partial charge < -0.3 is 15.6 Å². The topological polar surface area (TPSA) is 95.6 Å². The van der Waals surface area contributed by atoms with E-state index in [1.54, 1.807) is 18.5 Å². The Labute approximate surface area is 179 Å². The van der Waals surface area contributed by atoms with Gasteiger partial charge in [0.15, 0.2) is 5.82 Å². The van der Waals surface area contributed by atoms with Crippen molar-refractivity contribution in [2.45, 2.75) is 38.9 Å². The Bertz CT molecular complexity index is 1080. The summed E-state index contributed by atoms with van der Waals surface area (Å²) in [4.78, 5) is 28.2. The lowest BCUT2D eigenvalue weighted by atomic mass is 10.1. The number of aromatic nitrogens is 4. The van der Waals surface area contributed by atoms with Crippen molar-refractivity contribution in [1.82, 2.24) is 25.3 Å². The molecule has 3 aromatic heterocycles. The predicted molar refractivity (Wildman–Crippen MR) is 115 cm³/mol. The van der Waals surface area contributed by atoms with Gasteiger partial charge in [-0.2, -0.15) is 13.2 Å². The van der Waals surface area contributed by atoms with Crippen LogP contribution in [0.15, 0.2) is 24.7 Å². The first-order chi connectivity index (χ1) is 14.0. The number of fused-ring (bicyclic) bond motifs is 1. The van der Waals surface area contributed by atoms with Gasteiger partial charge >= 0.3 is 6.18 Å². The van der Waals surface area contributed by atoms with Gasteiger partial charge in [-0.25, -0.2) is 15.0 Å². The lowest BCUT2D eigenvalue weighted by Gasteiger charge is -2.19. The van der Waals surface area contributed by atoms with Crippen molar-refractivity contribution in [3.05, 3.63) is 35.2 Å². The van der Waals surface area contributed by atoms with E-state index in [0.717, 1.165) is 10.9 Å². The van der Waals surface area contributed by atoms with Crippen molar-refractivity contribution < 1.29 is 22.2 Å². The maximum atomic E-state index is 12.4. The summed E-state index contributed by atoms with van der Waals surface area (Å²) in [5.41, 5.74) is 2.00. The molecule has 11 heteroatoms. The van der Waals surface area contributed by atoms with Crippen molar-refractivity contribution >= 4 is 34.4 Å². The normalized spacial score (nSPS) is 12.9. The molecular weight excluding hydrogens is 421 g/mol. The van der Waals surface area contributed by atoms with E-state index in [9.17, 15) is 18.0 Å². The number of carbonyl (C=O) groups is 1. The maximum absolute atomic E-state index is 12.4. The third kappa shape index (κ3) is 4.99. The summed E-state index contributed by atoms with van der Waals surface area (Å²) in [6, 6.07) is 0.794. The van der Waals surface area contributed by atoms with E-state index in [1.165, 1.54) is 13.1 Å². The van der Waals surface area contributed by atoms with Crippen molar-refractivity contribution in [3.63, 3.8) is 0 Å². The Morgan fingerprint density at radius 1 is 1.27 bits per heavy atom. The molecule has 3 aromatic rings. The fourth-order valence-corrected chi connectivity index (χ4v) is 2.99. The molecular formula is C19H26ClF3N6O. The van der Waals surface area contributed by atoms with Gasteiger partial charge in [0.25, 0.3) is 0 Å². The largest absolute Gasteiger partial charge is 0.405 e. The summed E-state index contributed by atoms with van der Waals surface area (Å²) in [5, 5.41) is 5.95. The van der Waals surface area contributed by atoms with E-state index in [2.05, 4.69) is 25.3 Å². The molecule has 1 atom stereocenters. The lowest BCUT2D eigenvalue weighted by molar-refractivity contribution is -0.138. The van der Waals surface area contributed by atoms with Crippen LogP contribution in [-0.2, 0) is 4.79 Å². The molecule has 30 heavy (non-hydrogen) atoms. The van der Waals surface area contributed by atoms with Gasteiger partial charge in [0, 0.05) is 39.4 Å². The number of nitrogens with one attached hydrogen (secondary N) is 3. The van der Waals surface area contributed by atoms with Crippen molar-refractivity contribution in [3.8, 4) is 11.4 Å². The Kier molecular flexibility index (Phi) is 6.16. The molecule has 0 aliphatic carbocycles. The van der Waals surface area contributed by atoms with Crippen LogP contribution in [0.1, 0.15) is 36.5 Å². The number of hydrogen-bond donors (Lipinski definition) is 3. The zero-order valence-electron chi connectivity index (χ0n) is 16.4. The second-order valence-electron chi connectivity index (χ2n) is 7.10. The number of H-pyrrole nitrogens is 1. The molecule has 0 aliphatic rings. The minimum absolute atomic E-state index is 0. The number of nitrogens with zero attached hydrogens (tertiary/aromatic N) is 3. The highest BCUT2D eigenvalue weighted by Gasteiger charge is 2.29. The van der Waals surface area contributed by atoms with Crippen LogP contribution in [0.25, 0.3) is 22.4 Å². The molecule has 166 valence electrons. The van der Waals surface area contributed by atoms with Crippen molar-refractivity contribution in [2.24, 2.45) is 0 Å². The van der Waals surface area contributed by atoms with Crippen LogP contribution >= 0.6 is 11.6 Å². The highest BCUT2D eigenvalue weighted by atomic mass is 35.5. The van der Waals surface area contributed by atoms with Crippen molar-refractivity contribution in [1.29, 1.82) is 0 Å². The van der Waals surface area contributed by atoms with Gasteiger partial charge in [-0.3, -0.25) is 4.79 Å². The van der Waals surface area contributed by atoms with Crippen LogP contribution in [-0.4, -0.2) is 44.6 Å². The standard InChI is InChI=1S/C19H20ClF3N6O.3H2/c1-9(2)13-6-26-16(14-7-25-15-12(14)4-11(20)5-24-15)29-17(13)28-10(3)18(30)27-8-19(21,22)23;;;/h4-7,9-10H,8H2,1-3H3,(H,24,25)(H,27,30)(H,26,28,29);3*1H/t10-;;;/m0.../s1. The second-order valence-corrected chi connectivity index (χ2v) is 7.54. The highest BCUT2D eigenvalue weighted by Crippen LogP contribution is 2.30. The molecule has 0 aliphatic heterocycles. The number of amides is 1. The SMILES string of the molecule is CC(C)c1cnc(-c2c[nH]c3ncc(Cl)cc23)nc1N[C@@H](C)C(=O)NCC(F)(F)F.[HH].[HH].[HH].